The van der Waals surface area contributed by atoms with Gasteiger partial charge in [0, 0.05) is 44.2 Å². The zero-order valence-electron chi connectivity index (χ0n) is 14.0. The van der Waals surface area contributed by atoms with Gasteiger partial charge in [0.15, 0.2) is 5.96 Å². The highest BCUT2D eigenvalue weighted by molar-refractivity contribution is 7.88. The Balaban J connectivity index is 1.91. The molecule has 0 amide bonds. The maximum Gasteiger partial charge on any atom is 0.209 e. The van der Waals surface area contributed by atoms with E-state index >= 15 is 0 Å². The molecule has 128 valence electrons. The van der Waals surface area contributed by atoms with Crippen molar-refractivity contribution in [2.45, 2.75) is 32.2 Å². The summed E-state index contributed by atoms with van der Waals surface area (Å²) < 4.78 is 31.0. The molecule has 1 unspecified atom stereocenters. The average Bonchev–Trinajstić information content (AvgIpc) is 2.98. The average molecular weight is 332 g/mol. The Labute approximate surface area is 133 Å². The number of sulfonamides is 1. The third-order valence-electron chi connectivity index (χ3n) is 4.28. The number of guanidine groups is 1. The molecule has 7 nitrogen and oxygen atoms in total. The number of hydrogen-bond donors (Lipinski definition) is 2. The number of rotatable bonds is 4. The molecule has 0 aromatic rings. The Morgan fingerprint density at radius 1 is 1.41 bits per heavy atom. The first-order chi connectivity index (χ1) is 10.1. The Morgan fingerprint density at radius 3 is 2.68 bits per heavy atom. The number of ether oxygens (including phenoxy) is 1. The lowest BCUT2D eigenvalue weighted by Crippen LogP contribution is -2.53. The van der Waals surface area contributed by atoms with Gasteiger partial charge in [0.1, 0.15) is 0 Å². The summed E-state index contributed by atoms with van der Waals surface area (Å²) in [6.07, 6.45) is 3.41. The van der Waals surface area contributed by atoms with E-state index in [9.17, 15) is 8.42 Å². The summed E-state index contributed by atoms with van der Waals surface area (Å²) in [6.45, 7) is 7.78. The van der Waals surface area contributed by atoms with E-state index in [-0.39, 0.29) is 5.41 Å². The van der Waals surface area contributed by atoms with Crippen LogP contribution in [0.15, 0.2) is 4.99 Å². The van der Waals surface area contributed by atoms with E-state index < -0.39 is 15.6 Å². The minimum absolute atomic E-state index is 0.276. The van der Waals surface area contributed by atoms with Crippen LogP contribution >= 0.6 is 0 Å². The molecule has 0 radical (unpaired) electrons. The molecule has 2 fully saturated rings. The molecule has 1 spiro atoms. The zero-order chi connectivity index (χ0) is 16.4. The summed E-state index contributed by atoms with van der Waals surface area (Å²) in [5.74, 6) is 0.826. The Kier molecular flexibility index (Phi) is 5.03. The normalized spacial score (nSPS) is 26.9. The van der Waals surface area contributed by atoms with E-state index in [1.807, 2.05) is 13.8 Å². The monoisotopic (exact) mass is 332 g/mol. The molecule has 2 saturated heterocycles. The van der Waals surface area contributed by atoms with Gasteiger partial charge in [-0.15, -0.1) is 0 Å². The van der Waals surface area contributed by atoms with Crippen LogP contribution in [0.3, 0.4) is 0 Å². The highest BCUT2D eigenvalue weighted by Crippen LogP contribution is 2.38. The Hall–Kier alpha value is -0.860. The third-order valence-corrected chi connectivity index (χ3v) is 5.21. The molecule has 2 aliphatic rings. The highest BCUT2D eigenvalue weighted by atomic mass is 32.2. The molecule has 0 aliphatic carbocycles. The van der Waals surface area contributed by atoms with Crippen molar-refractivity contribution >= 4 is 16.0 Å². The van der Waals surface area contributed by atoms with Crippen molar-refractivity contribution < 1.29 is 13.2 Å². The van der Waals surface area contributed by atoms with Crippen LogP contribution in [-0.2, 0) is 14.8 Å². The zero-order valence-corrected chi connectivity index (χ0v) is 14.8. The Morgan fingerprint density at radius 2 is 2.14 bits per heavy atom. The minimum atomic E-state index is -3.23. The van der Waals surface area contributed by atoms with Crippen molar-refractivity contribution in [3.63, 3.8) is 0 Å². The molecule has 22 heavy (non-hydrogen) atoms. The molecule has 1 atom stereocenters. The Bertz CT molecular complexity index is 524. The van der Waals surface area contributed by atoms with Crippen molar-refractivity contribution in [2.75, 3.05) is 46.2 Å². The van der Waals surface area contributed by atoms with E-state index in [1.54, 1.807) is 7.05 Å². The fourth-order valence-electron chi connectivity index (χ4n) is 3.26. The largest absolute Gasteiger partial charge is 0.381 e. The van der Waals surface area contributed by atoms with Crippen LogP contribution in [0.4, 0.5) is 0 Å². The van der Waals surface area contributed by atoms with Crippen molar-refractivity contribution in [2.24, 2.45) is 10.4 Å². The fourth-order valence-corrected chi connectivity index (χ4v) is 4.33. The molecule has 2 rings (SSSR count). The molecule has 2 N–H and O–H groups in total. The number of aliphatic imine (C=N–C) groups is 1. The van der Waals surface area contributed by atoms with Crippen LogP contribution in [0.1, 0.15) is 26.7 Å². The second-order valence-electron chi connectivity index (χ2n) is 7.13. The van der Waals surface area contributed by atoms with Gasteiger partial charge in [-0.05, 0) is 26.7 Å². The van der Waals surface area contributed by atoms with Crippen molar-refractivity contribution in [3.05, 3.63) is 0 Å². The first-order valence-corrected chi connectivity index (χ1v) is 9.56. The van der Waals surface area contributed by atoms with Crippen molar-refractivity contribution in [1.29, 1.82) is 0 Å². The summed E-state index contributed by atoms with van der Waals surface area (Å²) in [4.78, 5) is 6.58. The molecular formula is C14H28N4O3S. The van der Waals surface area contributed by atoms with Crippen molar-refractivity contribution in [1.82, 2.24) is 14.9 Å². The summed E-state index contributed by atoms with van der Waals surface area (Å²) >= 11 is 0. The van der Waals surface area contributed by atoms with Crippen LogP contribution in [0.5, 0.6) is 0 Å². The number of nitrogens with zero attached hydrogens (tertiary/aromatic N) is 2. The number of nitrogens with one attached hydrogen (secondary N) is 2. The van der Waals surface area contributed by atoms with E-state index in [0.717, 1.165) is 45.1 Å². The first kappa shape index (κ1) is 17.5. The molecule has 0 saturated carbocycles. The highest BCUT2D eigenvalue weighted by Gasteiger charge is 2.42. The molecule has 2 heterocycles. The summed E-state index contributed by atoms with van der Waals surface area (Å²) in [5, 5.41) is 3.29. The second kappa shape index (κ2) is 6.33. The summed E-state index contributed by atoms with van der Waals surface area (Å²) in [7, 11) is -1.47. The van der Waals surface area contributed by atoms with E-state index in [2.05, 4.69) is 19.9 Å². The minimum Gasteiger partial charge on any atom is -0.381 e. The van der Waals surface area contributed by atoms with Gasteiger partial charge in [-0.2, -0.15) is 0 Å². The van der Waals surface area contributed by atoms with E-state index in [4.69, 9.17) is 4.74 Å². The molecule has 2 aliphatic heterocycles. The lowest BCUT2D eigenvalue weighted by Gasteiger charge is -2.29. The fraction of sp³-hybridized carbons (Fsp3) is 0.929. The van der Waals surface area contributed by atoms with Gasteiger partial charge in [0.2, 0.25) is 10.0 Å². The second-order valence-corrected chi connectivity index (χ2v) is 8.88. The van der Waals surface area contributed by atoms with Crippen LogP contribution in [0, 0.1) is 5.41 Å². The van der Waals surface area contributed by atoms with Gasteiger partial charge < -0.3 is 15.0 Å². The van der Waals surface area contributed by atoms with Crippen LogP contribution in [-0.4, -0.2) is 71.0 Å². The predicted octanol–water partition coefficient (Wildman–Crippen LogP) is 0.00200. The van der Waals surface area contributed by atoms with Gasteiger partial charge in [0.25, 0.3) is 0 Å². The van der Waals surface area contributed by atoms with Crippen molar-refractivity contribution in [3.8, 4) is 0 Å². The van der Waals surface area contributed by atoms with Gasteiger partial charge in [-0.1, -0.05) is 0 Å². The summed E-state index contributed by atoms with van der Waals surface area (Å²) in [6, 6.07) is 0. The lowest BCUT2D eigenvalue weighted by atomic mass is 9.87. The van der Waals surface area contributed by atoms with Gasteiger partial charge in [0.05, 0.1) is 12.9 Å². The standard InChI is InChI=1S/C14H28N4O3S/c1-13(2,17-22(4,19)20)9-16-12(15-3)18-7-5-14(10-18)6-8-21-11-14/h17H,5-11H2,1-4H3,(H,15,16). The number of hydrogen-bond acceptors (Lipinski definition) is 4. The maximum absolute atomic E-state index is 11.4. The predicted molar refractivity (Wildman–Crippen MR) is 87.5 cm³/mol. The van der Waals surface area contributed by atoms with Gasteiger partial charge in [-0.3, -0.25) is 4.99 Å². The maximum atomic E-state index is 11.4. The lowest BCUT2D eigenvalue weighted by molar-refractivity contribution is 0.156. The van der Waals surface area contributed by atoms with Crippen LogP contribution < -0.4 is 10.0 Å². The SMILES string of the molecule is CN=C(NCC(C)(C)NS(C)(=O)=O)N1CCC2(CCOC2)C1. The molecule has 8 heteroatoms. The molecule has 0 aromatic heterocycles. The number of likely N-dealkylation sites (tertiary alicyclic amines) is 1. The first-order valence-electron chi connectivity index (χ1n) is 7.67. The van der Waals surface area contributed by atoms with Gasteiger partial charge >= 0.3 is 0 Å². The van der Waals surface area contributed by atoms with Crippen LogP contribution in [0.25, 0.3) is 0 Å². The quantitative estimate of drug-likeness (QED) is 0.559. The topological polar surface area (TPSA) is 83.0 Å². The third kappa shape index (κ3) is 4.57. The molecule has 0 bridgehead atoms. The van der Waals surface area contributed by atoms with Crippen LogP contribution in [0.2, 0.25) is 0 Å². The van der Waals surface area contributed by atoms with E-state index in [1.165, 1.54) is 6.26 Å². The summed E-state index contributed by atoms with van der Waals surface area (Å²) in [5.41, 5.74) is -0.296. The molecule has 0 aromatic carbocycles. The smallest absolute Gasteiger partial charge is 0.209 e. The van der Waals surface area contributed by atoms with E-state index in [0.29, 0.717) is 6.54 Å². The van der Waals surface area contributed by atoms with Gasteiger partial charge in [-0.25, -0.2) is 13.1 Å². The molecular weight excluding hydrogens is 304 g/mol.